The highest BCUT2D eigenvalue weighted by Gasteiger charge is 2.15. The van der Waals surface area contributed by atoms with Crippen molar-refractivity contribution < 1.29 is 12.8 Å². The highest BCUT2D eigenvalue weighted by atomic mass is 32.2. The molecule has 18 heavy (non-hydrogen) atoms. The minimum Gasteiger partial charge on any atom is -0.315 e. The maximum Gasteiger partial charge on any atom is 0.243 e. The van der Waals surface area contributed by atoms with E-state index in [2.05, 4.69) is 15.1 Å². The molecule has 0 saturated heterocycles. The highest BCUT2D eigenvalue weighted by molar-refractivity contribution is 7.89. The topological polar surface area (TPSA) is 76.0 Å². The van der Waals surface area contributed by atoms with Crippen molar-refractivity contribution in [2.24, 2.45) is 0 Å². The predicted octanol–water partition coefficient (Wildman–Crippen LogP) is 0.131. The molecule has 8 heteroatoms. The van der Waals surface area contributed by atoms with Crippen LogP contribution in [0.15, 0.2) is 17.3 Å². The molecule has 0 aliphatic carbocycles. The molecule has 1 aromatic rings. The van der Waals surface area contributed by atoms with Crippen molar-refractivity contribution in [3.8, 4) is 0 Å². The molecule has 1 heterocycles. The summed E-state index contributed by atoms with van der Waals surface area (Å²) in [6.07, 6.45) is 2.94. The van der Waals surface area contributed by atoms with Crippen LogP contribution >= 0.6 is 0 Å². The van der Waals surface area contributed by atoms with Crippen LogP contribution in [0.1, 0.15) is 13.3 Å². The van der Waals surface area contributed by atoms with Gasteiger partial charge < -0.3 is 5.32 Å². The second-order valence-corrected chi connectivity index (χ2v) is 5.50. The van der Waals surface area contributed by atoms with Crippen molar-refractivity contribution in [2.45, 2.75) is 24.8 Å². The van der Waals surface area contributed by atoms with Gasteiger partial charge in [0.15, 0.2) is 0 Å². The molecular weight excluding hydrogens is 259 g/mol. The molecule has 6 nitrogen and oxygen atoms in total. The van der Waals surface area contributed by atoms with Gasteiger partial charge in [0, 0.05) is 19.3 Å². The quantitative estimate of drug-likeness (QED) is 0.630. The monoisotopic (exact) mass is 278 g/mol. The van der Waals surface area contributed by atoms with E-state index in [-0.39, 0.29) is 17.9 Å². The zero-order chi connectivity index (χ0) is 13.4. The molecule has 104 valence electrons. The molecule has 0 spiro atoms. The van der Waals surface area contributed by atoms with E-state index in [4.69, 9.17) is 0 Å². The molecule has 1 aromatic heterocycles. The van der Waals surface area contributed by atoms with E-state index in [1.807, 2.05) is 6.92 Å². The second kappa shape index (κ2) is 7.45. The van der Waals surface area contributed by atoms with Gasteiger partial charge in [0.1, 0.15) is 4.90 Å². The minimum atomic E-state index is -3.56. The van der Waals surface area contributed by atoms with E-state index in [9.17, 15) is 12.8 Å². The Morgan fingerprint density at radius 3 is 2.89 bits per heavy atom. The molecule has 0 atom stereocenters. The zero-order valence-corrected chi connectivity index (χ0v) is 11.2. The molecule has 0 bridgehead atoms. The van der Waals surface area contributed by atoms with Gasteiger partial charge in [-0.25, -0.2) is 13.1 Å². The van der Waals surface area contributed by atoms with Crippen LogP contribution in [0.3, 0.4) is 0 Å². The standard InChI is InChI=1S/C10H19FN4O2S/c1-2-12-6-7-15-9-10(8-13-15)18(16,17)14-5-3-4-11/h8-9,12,14H,2-7H2,1H3. The largest absolute Gasteiger partial charge is 0.315 e. The fourth-order valence-electron chi connectivity index (χ4n) is 1.33. The van der Waals surface area contributed by atoms with Gasteiger partial charge in [0.2, 0.25) is 10.0 Å². The molecule has 2 N–H and O–H groups in total. The van der Waals surface area contributed by atoms with E-state index >= 15 is 0 Å². The van der Waals surface area contributed by atoms with Gasteiger partial charge in [-0.1, -0.05) is 6.92 Å². The Balaban J connectivity index is 2.55. The molecule has 1 rings (SSSR count). The Morgan fingerprint density at radius 1 is 1.44 bits per heavy atom. The third kappa shape index (κ3) is 4.71. The van der Waals surface area contributed by atoms with Crippen molar-refractivity contribution in [3.05, 3.63) is 12.4 Å². The zero-order valence-electron chi connectivity index (χ0n) is 10.4. The van der Waals surface area contributed by atoms with Gasteiger partial charge in [-0.3, -0.25) is 9.07 Å². The first-order valence-electron chi connectivity index (χ1n) is 5.89. The van der Waals surface area contributed by atoms with Crippen LogP contribution in [-0.4, -0.2) is 44.5 Å². The smallest absolute Gasteiger partial charge is 0.243 e. The average molecular weight is 278 g/mol. The molecule has 0 radical (unpaired) electrons. The van der Waals surface area contributed by atoms with Crippen LogP contribution in [0.5, 0.6) is 0 Å². The van der Waals surface area contributed by atoms with E-state index in [1.54, 1.807) is 4.68 Å². The number of hydrogen-bond donors (Lipinski definition) is 2. The van der Waals surface area contributed by atoms with E-state index in [0.717, 1.165) is 13.1 Å². The lowest BCUT2D eigenvalue weighted by Crippen LogP contribution is -2.24. The van der Waals surface area contributed by atoms with Crippen LogP contribution in [0.4, 0.5) is 4.39 Å². The van der Waals surface area contributed by atoms with Crippen LogP contribution in [0.25, 0.3) is 0 Å². The van der Waals surface area contributed by atoms with E-state index in [0.29, 0.717) is 6.54 Å². The third-order valence-corrected chi connectivity index (χ3v) is 3.71. The van der Waals surface area contributed by atoms with Crippen molar-refractivity contribution in [2.75, 3.05) is 26.3 Å². The fourth-order valence-corrected chi connectivity index (χ4v) is 2.36. The first-order valence-corrected chi connectivity index (χ1v) is 7.37. The third-order valence-electron chi connectivity index (χ3n) is 2.29. The van der Waals surface area contributed by atoms with Crippen LogP contribution in [0, 0.1) is 0 Å². The Hall–Kier alpha value is -0.990. The summed E-state index contributed by atoms with van der Waals surface area (Å²) in [6, 6.07) is 0. The molecule has 0 aliphatic heterocycles. The van der Waals surface area contributed by atoms with Gasteiger partial charge in [0.05, 0.1) is 19.4 Å². The lowest BCUT2D eigenvalue weighted by atomic mass is 10.5. The maximum atomic E-state index is 11.9. The number of halogens is 1. The molecular formula is C10H19FN4O2S. The van der Waals surface area contributed by atoms with Gasteiger partial charge in [-0.2, -0.15) is 5.10 Å². The normalized spacial score (nSPS) is 11.9. The molecule has 0 aliphatic rings. The van der Waals surface area contributed by atoms with Crippen molar-refractivity contribution >= 4 is 10.0 Å². The summed E-state index contributed by atoms with van der Waals surface area (Å²) < 4.78 is 39.3. The Morgan fingerprint density at radius 2 is 2.22 bits per heavy atom. The van der Waals surface area contributed by atoms with Gasteiger partial charge in [-0.05, 0) is 13.0 Å². The summed E-state index contributed by atoms with van der Waals surface area (Å²) in [5.74, 6) is 0. The fraction of sp³-hybridized carbons (Fsp3) is 0.700. The summed E-state index contributed by atoms with van der Waals surface area (Å²) in [4.78, 5) is 0.109. The average Bonchev–Trinajstić information content (AvgIpc) is 2.79. The SMILES string of the molecule is CCNCCn1cc(S(=O)(=O)NCCCF)cn1. The highest BCUT2D eigenvalue weighted by Crippen LogP contribution is 2.06. The van der Waals surface area contributed by atoms with Crippen molar-refractivity contribution in [1.82, 2.24) is 19.8 Å². The Bertz CT molecular complexity index is 446. The Kier molecular flexibility index (Phi) is 6.23. The van der Waals surface area contributed by atoms with Gasteiger partial charge in [-0.15, -0.1) is 0 Å². The van der Waals surface area contributed by atoms with E-state index in [1.165, 1.54) is 12.4 Å². The summed E-state index contributed by atoms with van der Waals surface area (Å²) in [5, 5.41) is 7.09. The predicted molar refractivity (Wildman–Crippen MR) is 66.6 cm³/mol. The lowest BCUT2D eigenvalue weighted by Gasteiger charge is -2.03. The molecule has 0 saturated carbocycles. The Labute approximate surface area is 107 Å². The number of rotatable bonds is 9. The second-order valence-electron chi connectivity index (χ2n) is 3.73. The number of aromatic nitrogens is 2. The molecule has 0 aromatic carbocycles. The van der Waals surface area contributed by atoms with Crippen molar-refractivity contribution in [1.29, 1.82) is 0 Å². The van der Waals surface area contributed by atoms with Gasteiger partial charge in [0.25, 0.3) is 0 Å². The first-order chi connectivity index (χ1) is 8.60. The number of likely N-dealkylation sites (N-methyl/N-ethyl adjacent to an activating group) is 1. The van der Waals surface area contributed by atoms with Crippen LogP contribution in [0.2, 0.25) is 0 Å². The summed E-state index contributed by atoms with van der Waals surface area (Å²) in [6.45, 7) is 3.75. The van der Waals surface area contributed by atoms with Crippen LogP contribution < -0.4 is 10.0 Å². The van der Waals surface area contributed by atoms with E-state index < -0.39 is 16.7 Å². The number of hydrogen-bond acceptors (Lipinski definition) is 4. The molecule has 0 amide bonds. The molecule has 0 fully saturated rings. The number of nitrogens with one attached hydrogen (secondary N) is 2. The summed E-state index contributed by atoms with van der Waals surface area (Å²) in [5.41, 5.74) is 0. The first kappa shape index (κ1) is 15.1. The number of sulfonamides is 1. The maximum absolute atomic E-state index is 11.9. The van der Waals surface area contributed by atoms with Crippen LogP contribution in [-0.2, 0) is 16.6 Å². The number of nitrogens with zero attached hydrogens (tertiary/aromatic N) is 2. The lowest BCUT2D eigenvalue weighted by molar-refractivity contribution is 0.470. The number of alkyl halides is 1. The molecule has 0 unspecified atom stereocenters. The summed E-state index contributed by atoms with van der Waals surface area (Å²) >= 11 is 0. The van der Waals surface area contributed by atoms with Gasteiger partial charge >= 0.3 is 0 Å². The summed E-state index contributed by atoms with van der Waals surface area (Å²) in [7, 11) is -3.56. The van der Waals surface area contributed by atoms with Crippen molar-refractivity contribution in [3.63, 3.8) is 0 Å². The minimum absolute atomic E-state index is 0.0986.